The minimum Gasteiger partial charge on any atom is -0.332 e. The Labute approximate surface area is 181 Å². The molecule has 4 heterocycles. The van der Waals surface area contributed by atoms with Gasteiger partial charge >= 0.3 is 0 Å². The fourth-order valence-electron chi connectivity index (χ4n) is 5.22. The van der Waals surface area contributed by atoms with Gasteiger partial charge in [0, 0.05) is 42.6 Å². The van der Waals surface area contributed by atoms with E-state index in [1.54, 1.807) is 31.2 Å². The maximum absolute atomic E-state index is 13.6. The van der Waals surface area contributed by atoms with Crippen LogP contribution in [0.2, 0.25) is 0 Å². The Morgan fingerprint density at radius 3 is 2.71 bits per heavy atom. The minimum absolute atomic E-state index is 0.00479. The fraction of sp³-hybridized carbons (Fsp3) is 0.500. The van der Waals surface area contributed by atoms with E-state index in [1.807, 2.05) is 4.90 Å². The minimum atomic E-state index is -3.34. The van der Waals surface area contributed by atoms with Gasteiger partial charge in [-0.05, 0) is 50.8 Å². The van der Waals surface area contributed by atoms with Crippen LogP contribution in [0.3, 0.4) is 0 Å². The molecule has 2 fully saturated rings. The summed E-state index contributed by atoms with van der Waals surface area (Å²) in [7, 11) is -3.34. The van der Waals surface area contributed by atoms with Crippen LogP contribution in [0.4, 0.5) is 5.69 Å². The van der Waals surface area contributed by atoms with Gasteiger partial charge in [0.1, 0.15) is 5.82 Å². The average molecular weight is 443 g/mol. The van der Waals surface area contributed by atoms with Gasteiger partial charge in [0.25, 0.3) is 11.5 Å². The number of amides is 1. The SMILES string of the molecule is Cc1nc2c(c(=O)[nH]1)C[C@H]1CC[C@H](C2)N1C(=O)c1cccc(N2CCCCS2(=O)=O)c1. The first kappa shape index (κ1) is 20.2. The summed E-state index contributed by atoms with van der Waals surface area (Å²) in [6.45, 7) is 2.21. The maximum atomic E-state index is 13.6. The van der Waals surface area contributed by atoms with Crippen LogP contribution in [0.15, 0.2) is 29.1 Å². The second kappa shape index (κ2) is 7.47. The van der Waals surface area contributed by atoms with E-state index in [2.05, 4.69) is 9.97 Å². The van der Waals surface area contributed by atoms with Gasteiger partial charge in [-0.1, -0.05) is 6.07 Å². The van der Waals surface area contributed by atoms with Gasteiger partial charge in [-0.2, -0.15) is 0 Å². The van der Waals surface area contributed by atoms with Crippen molar-refractivity contribution in [3.05, 3.63) is 57.3 Å². The molecule has 0 aliphatic carbocycles. The molecule has 31 heavy (non-hydrogen) atoms. The van der Waals surface area contributed by atoms with Crippen LogP contribution in [0.1, 0.15) is 53.1 Å². The first-order chi connectivity index (χ1) is 14.8. The molecule has 0 radical (unpaired) electrons. The second-order valence-corrected chi connectivity index (χ2v) is 10.7. The van der Waals surface area contributed by atoms with E-state index in [1.165, 1.54) is 4.31 Å². The molecule has 1 aromatic heterocycles. The Morgan fingerprint density at radius 2 is 1.94 bits per heavy atom. The van der Waals surface area contributed by atoms with Crippen molar-refractivity contribution in [2.75, 3.05) is 16.6 Å². The van der Waals surface area contributed by atoms with E-state index in [-0.39, 0.29) is 29.3 Å². The first-order valence-corrected chi connectivity index (χ1v) is 12.5. The van der Waals surface area contributed by atoms with E-state index in [4.69, 9.17) is 0 Å². The third-order valence-corrected chi connectivity index (χ3v) is 8.54. The quantitative estimate of drug-likeness (QED) is 0.764. The zero-order chi connectivity index (χ0) is 21.8. The normalized spacial score (nSPS) is 24.5. The molecule has 1 aromatic carbocycles. The van der Waals surface area contributed by atoms with Crippen LogP contribution in [0.5, 0.6) is 0 Å². The highest BCUT2D eigenvalue weighted by Gasteiger charge is 2.41. The van der Waals surface area contributed by atoms with E-state index >= 15 is 0 Å². The molecule has 0 saturated carbocycles. The van der Waals surface area contributed by atoms with Crippen LogP contribution in [-0.2, 0) is 22.9 Å². The Kier molecular flexibility index (Phi) is 4.88. The van der Waals surface area contributed by atoms with Crippen LogP contribution in [0, 0.1) is 6.92 Å². The molecule has 2 saturated heterocycles. The largest absolute Gasteiger partial charge is 0.332 e. The topological polar surface area (TPSA) is 103 Å². The molecule has 0 unspecified atom stereocenters. The van der Waals surface area contributed by atoms with Gasteiger partial charge in [0.2, 0.25) is 10.0 Å². The van der Waals surface area contributed by atoms with E-state index < -0.39 is 10.0 Å². The van der Waals surface area contributed by atoms with Crippen molar-refractivity contribution in [3.8, 4) is 0 Å². The smallest absolute Gasteiger partial charge is 0.254 e. The molecule has 8 nitrogen and oxygen atoms in total. The summed E-state index contributed by atoms with van der Waals surface area (Å²) in [4.78, 5) is 35.3. The predicted molar refractivity (Wildman–Crippen MR) is 117 cm³/mol. The number of H-pyrrole nitrogens is 1. The molecule has 1 N–H and O–H groups in total. The zero-order valence-corrected chi connectivity index (χ0v) is 18.3. The number of fused-ring (bicyclic) bond motifs is 3. The first-order valence-electron chi connectivity index (χ1n) is 10.9. The van der Waals surface area contributed by atoms with Crippen molar-refractivity contribution >= 4 is 21.6 Å². The number of carbonyl (C=O) groups excluding carboxylic acids is 1. The van der Waals surface area contributed by atoms with E-state index in [0.717, 1.165) is 25.0 Å². The Morgan fingerprint density at radius 1 is 1.16 bits per heavy atom. The number of carbonyl (C=O) groups is 1. The van der Waals surface area contributed by atoms with Crippen molar-refractivity contribution in [1.82, 2.24) is 14.9 Å². The molecule has 2 atom stereocenters. The fourth-order valence-corrected chi connectivity index (χ4v) is 6.85. The van der Waals surface area contributed by atoms with Crippen molar-refractivity contribution in [2.24, 2.45) is 0 Å². The number of aryl methyl sites for hydroxylation is 1. The molecular weight excluding hydrogens is 416 g/mol. The number of nitrogens with one attached hydrogen (secondary N) is 1. The Balaban J connectivity index is 1.46. The lowest BCUT2D eigenvalue weighted by Gasteiger charge is -2.30. The number of aromatic nitrogens is 2. The highest BCUT2D eigenvalue weighted by Crippen LogP contribution is 2.34. The lowest BCUT2D eigenvalue weighted by Crippen LogP contribution is -2.42. The van der Waals surface area contributed by atoms with Gasteiger partial charge in [0.05, 0.1) is 17.1 Å². The summed E-state index contributed by atoms with van der Waals surface area (Å²) in [5.41, 5.74) is 2.40. The number of hydrogen-bond acceptors (Lipinski definition) is 5. The predicted octanol–water partition coefficient (Wildman–Crippen LogP) is 1.78. The molecule has 2 bridgehead atoms. The van der Waals surface area contributed by atoms with Gasteiger partial charge in [-0.25, -0.2) is 13.4 Å². The summed E-state index contributed by atoms with van der Waals surface area (Å²) >= 11 is 0. The highest BCUT2D eigenvalue weighted by atomic mass is 32.2. The zero-order valence-electron chi connectivity index (χ0n) is 17.5. The van der Waals surface area contributed by atoms with Crippen LogP contribution < -0.4 is 9.86 Å². The van der Waals surface area contributed by atoms with E-state index in [0.29, 0.717) is 48.4 Å². The van der Waals surface area contributed by atoms with Gasteiger partial charge in [-0.3, -0.25) is 13.9 Å². The molecule has 9 heteroatoms. The lowest BCUT2D eigenvalue weighted by molar-refractivity contribution is 0.0673. The van der Waals surface area contributed by atoms with Crippen LogP contribution in [0.25, 0.3) is 0 Å². The molecule has 3 aliphatic rings. The van der Waals surface area contributed by atoms with Crippen molar-refractivity contribution in [2.45, 2.75) is 57.5 Å². The third kappa shape index (κ3) is 3.54. The van der Waals surface area contributed by atoms with Gasteiger partial charge < -0.3 is 9.88 Å². The number of benzene rings is 1. The standard InChI is InChI=1S/C22H26N4O4S/c1-14-23-20-13-18-8-7-17(12-19(20)21(27)24-14)26(18)22(28)15-5-4-6-16(11-15)25-9-2-3-10-31(25,29)30/h4-6,11,17-18H,2-3,7-10,12-13H2,1H3,(H,23,24,27)/t17-,18-/m1/s1. The van der Waals surface area contributed by atoms with Crippen LogP contribution in [-0.4, -0.2) is 53.6 Å². The molecular formula is C22H26N4O4S. The van der Waals surface area contributed by atoms with Crippen molar-refractivity contribution < 1.29 is 13.2 Å². The Bertz CT molecular complexity index is 1210. The van der Waals surface area contributed by atoms with E-state index in [9.17, 15) is 18.0 Å². The van der Waals surface area contributed by atoms with Crippen molar-refractivity contribution in [1.29, 1.82) is 0 Å². The molecule has 1 amide bonds. The summed E-state index contributed by atoms with van der Waals surface area (Å²) in [5, 5.41) is 0. The number of hydrogen-bond donors (Lipinski definition) is 1. The van der Waals surface area contributed by atoms with Gasteiger partial charge in [0.15, 0.2) is 0 Å². The number of aromatic amines is 1. The maximum Gasteiger partial charge on any atom is 0.254 e. The third-order valence-electron chi connectivity index (χ3n) is 6.67. The molecule has 0 spiro atoms. The average Bonchev–Trinajstić information content (AvgIpc) is 3.02. The molecule has 2 aromatic rings. The second-order valence-electron chi connectivity index (χ2n) is 8.73. The summed E-state index contributed by atoms with van der Waals surface area (Å²) in [6.07, 6.45) is 4.28. The molecule has 5 rings (SSSR count). The number of anilines is 1. The Hall–Kier alpha value is -2.68. The monoisotopic (exact) mass is 442 g/mol. The van der Waals surface area contributed by atoms with Gasteiger partial charge in [-0.15, -0.1) is 0 Å². The summed E-state index contributed by atoms with van der Waals surface area (Å²) in [6, 6.07) is 6.88. The molecule has 164 valence electrons. The van der Waals surface area contributed by atoms with Crippen LogP contribution >= 0.6 is 0 Å². The summed E-state index contributed by atoms with van der Waals surface area (Å²) in [5.74, 6) is 0.625. The number of nitrogens with zero attached hydrogens (tertiary/aromatic N) is 3. The highest BCUT2D eigenvalue weighted by molar-refractivity contribution is 7.92. The lowest BCUT2D eigenvalue weighted by atomic mass is 9.98. The molecule has 3 aliphatic heterocycles. The summed E-state index contributed by atoms with van der Waals surface area (Å²) < 4.78 is 26.4. The number of rotatable bonds is 2. The van der Waals surface area contributed by atoms with Crippen molar-refractivity contribution in [3.63, 3.8) is 0 Å². The number of sulfonamides is 1.